The Balaban J connectivity index is 1.52. The highest BCUT2D eigenvalue weighted by atomic mass is 19.4. The third-order valence-corrected chi connectivity index (χ3v) is 6.52. The van der Waals surface area contributed by atoms with E-state index in [2.05, 4.69) is 20.7 Å². The van der Waals surface area contributed by atoms with Gasteiger partial charge in [0.15, 0.2) is 12.3 Å². The van der Waals surface area contributed by atoms with Gasteiger partial charge in [-0.2, -0.15) is 36.7 Å². The van der Waals surface area contributed by atoms with Crippen molar-refractivity contribution < 1.29 is 40.7 Å². The van der Waals surface area contributed by atoms with E-state index >= 15 is 0 Å². The molecule has 1 aliphatic heterocycles. The fourth-order valence-corrected chi connectivity index (χ4v) is 4.92. The Hall–Kier alpha value is -4.61. The monoisotopic (exact) mass is 564 g/mol. The molecule has 1 atom stereocenters. The van der Waals surface area contributed by atoms with Crippen LogP contribution < -0.4 is 15.4 Å². The van der Waals surface area contributed by atoms with Crippen LogP contribution in [0.2, 0.25) is 0 Å². The minimum atomic E-state index is -4.80. The maximum atomic E-state index is 13.4. The van der Waals surface area contributed by atoms with Crippen molar-refractivity contribution in [3.63, 3.8) is 0 Å². The molecule has 9 nitrogen and oxygen atoms in total. The number of halogens is 6. The van der Waals surface area contributed by atoms with Crippen LogP contribution in [0.1, 0.15) is 40.0 Å². The van der Waals surface area contributed by atoms with E-state index < -0.39 is 42.7 Å². The maximum Gasteiger partial charge on any atom is 0.422 e. The predicted molar refractivity (Wildman–Crippen MR) is 125 cm³/mol. The maximum absolute atomic E-state index is 13.4. The van der Waals surface area contributed by atoms with Gasteiger partial charge in [0.05, 0.1) is 23.3 Å². The van der Waals surface area contributed by atoms with Gasteiger partial charge in [0.2, 0.25) is 5.91 Å². The van der Waals surface area contributed by atoms with Gasteiger partial charge in [0.25, 0.3) is 5.91 Å². The number of nitrogens with zero attached hydrogens (tertiary/aromatic N) is 4. The summed E-state index contributed by atoms with van der Waals surface area (Å²) in [5, 5.41) is 18.5. The Morgan fingerprint density at radius 3 is 2.60 bits per heavy atom. The number of benzene rings is 1. The van der Waals surface area contributed by atoms with E-state index in [-0.39, 0.29) is 40.6 Å². The molecule has 3 heterocycles. The van der Waals surface area contributed by atoms with Gasteiger partial charge < -0.3 is 15.4 Å². The number of nitriles is 1. The smallest absolute Gasteiger partial charge is 0.422 e. The molecule has 0 saturated heterocycles. The Labute approximate surface area is 221 Å². The SMILES string of the molecule is N#Cc1ccc(-c2nn3c(c2NC(=O)CC(F)(F)F)C(=O)N[C@@]2(CCc4cc(OCC(F)(F)F)ccc42)C3)nc1. The molecule has 2 aromatic heterocycles. The molecule has 5 rings (SSSR count). The van der Waals surface area contributed by atoms with Crippen LogP contribution in [0.25, 0.3) is 11.4 Å². The van der Waals surface area contributed by atoms with Gasteiger partial charge in [-0.1, -0.05) is 6.07 Å². The lowest BCUT2D eigenvalue weighted by molar-refractivity contribution is -0.153. The van der Waals surface area contributed by atoms with Crippen LogP contribution in [-0.4, -0.2) is 45.5 Å². The molecule has 3 aromatic rings. The van der Waals surface area contributed by atoms with Crippen LogP contribution in [-0.2, 0) is 23.3 Å². The number of nitrogens with one attached hydrogen (secondary N) is 2. The zero-order valence-electron chi connectivity index (χ0n) is 20.3. The van der Waals surface area contributed by atoms with E-state index in [0.29, 0.717) is 24.0 Å². The molecule has 0 saturated carbocycles. The Morgan fingerprint density at radius 1 is 1.18 bits per heavy atom. The molecule has 2 N–H and O–H groups in total. The summed E-state index contributed by atoms with van der Waals surface area (Å²) < 4.78 is 82.4. The van der Waals surface area contributed by atoms with Crippen LogP contribution >= 0.6 is 0 Å². The van der Waals surface area contributed by atoms with Crippen LogP contribution in [0.4, 0.5) is 32.0 Å². The van der Waals surface area contributed by atoms with Crippen molar-refractivity contribution in [2.75, 3.05) is 11.9 Å². The van der Waals surface area contributed by atoms with Gasteiger partial charge in [-0.25, -0.2) is 0 Å². The Morgan fingerprint density at radius 2 is 1.95 bits per heavy atom. The third-order valence-electron chi connectivity index (χ3n) is 6.52. The molecule has 0 bridgehead atoms. The molecule has 208 valence electrons. The number of amides is 2. The highest BCUT2D eigenvalue weighted by Gasteiger charge is 2.46. The normalized spacial score (nSPS) is 18.1. The molecule has 2 aliphatic rings. The number of ether oxygens (including phenoxy) is 1. The van der Waals surface area contributed by atoms with E-state index in [9.17, 15) is 35.9 Å². The molecule has 40 heavy (non-hydrogen) atoms. The number of fused-ring (bicyclic) bond motifs is 3. The quantitative estimate of drug-likeness (QED) is 0.448. The topological polar surface area (TPSA) is 122 Å². The third kappa shape index (κ3) is 5.29. The number of rotatable bonds is 5. The molecular weight excluding hydrogens is 546 g/mol. The minimum Gasteiger partial charge on any atom is -0.484 e. The fourth-order valence-electron chi connectivity index (χ4n) is 4.92. The lowest BCUT2D eigenvalue weighted by Gasteiger charge is -2.36. The van der Waals surface area contributed by atoms with Crippen molar-refractivity contribution >= 4 is 17.5 Å². The number of alkyl halides is 6. The first-order chi connectivity index (χ1) is 18.8. The zero-order valence-corrected chi connectivity index (χ0v) is 20.3. The molecule has 15 heteroatoms. The summed E-state index contributed by atoms with van der Waals surface area (Å²) in [5.74, 6) is -2.13. The summed E-state index contributed by atoms with van der Waals surface area (Å²) in [5.41, 5.74) is 0.0309. The zero-order chi connectivity index (χ0) is 28.9. The number of pyridine rings is 1. The van der Waals surface area contributed by atoms with Crippen molar-refractivity contribution in [3.8, 4) is 23.2 Å². The van der Waals surface area contributed by atoms with E-state index in [1.165, 1.54) is 35.1 Å². The Kier molecular flexibility index (Phi) is 6.43. The lowest BCUT2D eigenvalue weighted by Crippen LogP contribution is -2.52. The first-order valence-electron chi connectivity index (χ1n) is 11.8. The number of carbonyl (C=O) groups is 2. The van der Waals surface area contributed by atoms with Gasteiger partial charge >= 0.3 is 12.4 Å². The largest absolute Gasteiger partial charge is 0.484 e. The van der Waals surface area contributed by atoms with E-state index in [1.54, 1.807) is 6.07 Å². The molecule has 0 unspecified atom stereocenters. The first kappa shape index (κ1) is 27.0. The summed E-state index contributed by atoms with van der Waals surface area (Å²) >= 11 is 0. The summed E-state index contributed by atoms with van der Waals surface area (Å²) in [4.78, 5) is 29.7. The van der Waals surface area contributed by atoms with Crippen LogP contribution in [0, 0.1) is 11.3 Å². The highest BCUT2D eigenvalue weighted by molar-refractivity contribution is 6.07. The summed E-state index contributed by atoms with van der Waals surface area (Å²) in [6.45, 7) is -1.44. The number of aromatic nitrogens is 3. The van der Waals surface area contributed by atoms with Crippen LogP contribution in [0.3, 0.4) is 0 Å². The second kappa shape index (κ2) is 9.54. The average Bonchev–Trinajstić information content (AvgIpc) is 3.39. The van der Waals surface area contributed by atoms with Crippen molar-refractivity contribution in [1.82, 2.24) is 20.1 Å². The first-order valence-corrected chi connectivity index (χ1v) is 11.8. The molecule has 1 spiro atoms. The number of anilines is 1. The minimum absolute atomic E-state index is 0.0129. The van der Waals surface area contributed by atoms with Gasteiger partial charge in [0, 0.05) is 6.20 Å². The number of hydrogen-bond acceptors (Lipinski definition) is 6. The average molecular weight is 564 g/mol. The number of hydrogen-bond donors (Lipinski definition) is 2. The predicted octanol–water partition coefficient (Wildman–Crippen LogP) is 4.23. The molecular formula is C25H18F6N6O3. The summed E-state index contributed by atoms with van der Waals surface area (Å²) in [6.07, 6.45) is -9.14. The van der Waals surface area contributed by atoms with Crippen molar-refractivity contribution in [3.05, 3.63) is 58.9 Å². The standard InChI is InChI=1S/C25H18F6N6O3/c26-24(27,28)8-18(38)34-20-19(17-4-1-13(9-32)10-33-17)36-37-11-23(35-22(39)21(20)37)6-5-14-7-15(2-3-16(14)23)40-12-25(29,30)31/h1-4,7,10H,5-6,8,11-12H2,(H,34,38)(H,35,39)/t23-/m0/s1. The highest BCUT2D eigenvalue weighted by Crippen LogP contribution is 2.44. The molecule has 0 radical (unpaired) electrons. The fraction of sp³-hybridized carbons (Fsp3) is 0.320. The van der Waals surface area contributed by atoms with Crippen molar-refractivity contribution in [2.45, 2.75) is 43.7 Å². The lowest BCUT2D eigenvalue weighted by atomic mass is 9.89. The second-order valence-corrected chi connectivity index (χ2v) is 9.37. The van der Waals surface area contributed by atoms with E-state index in [0.717, 1.165) is 0 Å². The molecule has 1 aromatic carbocycles. The van der Waals surface area contributed by atoms with Crippen LogP contribution in [0.5, 0.6) is 5.75 Å². The van der Waals surface area contributed by atoms with Gasteiger partial charge in [-0.05, 0) is 48.2 Å². The Bertz CT molecular complexity index is 1540. The molecule has 1 aliphatic carbocycles. The molecule has 0 fully saturated rings. The van der Waals surface area contributed by atoms with Gasteiger partial charge in [-0.15, -0.1) is 0 Å². The van der Waals surface area contributed by atoms with Crippen LogP contribution in [0.15, 0.2) is 36.5 Å². The van der Waals surface area contributed by atoms with Crippen molar-refractivity contribution in [2.24, 2.45) is 0 Å². The van der Waals surface area contributed by atoms with Gasteiger partial charge in [0.1, 0.15) is 29.6 Å². The van der Waals surface area contributed by atoms with Gasteiger partial charge in [-0.3, -0.25) is 19.3 Å². The summed E-state index contributed by atoms with van der Waals surface area (Å²) in [6, 6.07) is 9.04. The number of carbonyl (C=O) groups excluding carboxylic acids is 2. The van der Waals surface area contributed by atoms with Crippen molar-refractivity contribution in [1.29, 1.82) is 5.26 Å². The van der Waals surface area contributed by atoms with E-state index in [4.69, 9.17) is 10.00 Å². The van der Waals surface area contributed by atoms with E-state index in [1.807, 2.05) is 6.07 Å². The summed E-state index contributed by atoms with van der Waals surface area (Å²) in [7, 11) is 0. The molecule has 2 amide bonds. The number of aryl methyl sites for hydroxylation is 1. The second-order valence-electron chi connectivity index (χ2n) is 9.37.